The summed E-state index contributed by atoms with van der Waals surface area (Å²) in [5, 5.41) is 2.40. The van der Waals surface area contributed by atoms with E-state index in [0.717, 1.165) is 18.7 Å². The molecule has 1 fully saturated rings. The van der Waals surface area contributed by atoms with E-state index in [4.69, 9.17) is 11.6 Å². The number of nitrogens with one attached hydrogen (secondary N) is 1. The van der Waals surface area contributed by atoms with Gasteiger partial charge in [0.2, 0.25) is 0 Å². The van der Waals surface area contributed by atoms with Crippen LogP contribution in [0.15, 0.2) is 18.2 Å². The number of hydrogen-bond donors (Lipinski definition) is 1. The molecule has 1 heterocycles. The van der Waals surface area contributed by atoms with Crippen molar-refractivity contribution in [2.45, 2.75) is 32.2 Å². The van der Waals surface area contributed by atoms with E-state index in [0.29, 0.717) is 0 Å². The van der Waals surface area contributed by atoms with Gasteiger partial charge in [-0.05, 0) is 37.5 Å². The van der Waals surface area contributed by atoms with Crippen LogP contribution in [0, 0.1) is 5.82 Å². The summed E-state index contributed by atoms with van der Waals surface area (Å²) < 4.78 is 13.3. The van der Waals surface area contributed by atoms with Crippen LogP contribution in [0.3, 0.4) is 0 Å². The van der Waals surface area contributed by atoms with Gasteiger partial charge in [0.15, 0.2) is 0 Å². The summed E-state index contributed by atoms with van der Waals surface area (Å²) in [7, 11) is 0. The molecule has 0 aliphatic carbocycles. The minimum Gasteiger partial charge on any atom is -0.248 e. The fraction of sp³-hybridized carbons (Fsp3) is 0.538. The van der Waals surface area contributed by atoms with Gasteiger partial charge in [0.1, 0.15) is 5.82 Å². The van der Waals surface area contributed by atoms with Crippen LogP contribution < -0.4 is 5.43 Å². The Hall–Kier alpha value is -0.640. The number of hydrazine groups is 1. The van der Waals surface area contributed by atoms with Gasteiger partial charge in [-0.2, -0.15) is 0 Å². The number of benzene rings is 1. The molecule has 17 heavy (non-hydrogen) atoms. The van der Waals surface area contributed by atoms with E-state index >= 15 is 0 Å². The first kappa shape index (κ1) is 12.8. The Balaban J connectivity index is 1.98. The van der Waals surface area contributed by atoms with Crippen LogP contribution in [0.2, 0.25) is 5.02 Å². The zero-order chi connectivity index (χ0) is 12.3. The van der Waals surface area contributed by atoms with Crippen LogP contribution in [0.5, 0.6) is 0 Å². The molecule has 4 heteroatoms. The molecule has 1 unspecified atom stereocenters. The quantitative estimate of drug-likeness (QED) is 0.890. The molecule has 1 N–H and O–H groups in total. The molecule has 94 valence electrons. The van der Waals surface area contributed by atoms with Gasteiger partial charge in [-0.1, -0.05) is 24.1 Å². The summed E-state index contributed by atoms with van der Waals surface area (Å²) in [6.45, 7) is 4.18. The highest BCUT2D eigenvalue weighted by Gasteiger charge is 2.14. The fourth-order valence-electron chi connectivity index (χ4n) is 2.15. The molecule has 1 atom stereocenters. The molecule has 2 rings (SSSR count). The lowest BCUT2D eigenvalue weighted by molar-refractivity contribution is 0.133. The molecule has 1 aromatic carbocycles. The molecule has 0 radical (unpaired) electrons. The molecular formula is C13H18ClFN2. The Morgan fingerprint density at radius 1 is 1.29 bits per heavy atom. The molecule has 1 aliphatic heterocycles. The lowest BCUT2D eigenvalue weighted by Gasteiger charge is -2.30. The first-order chi connectivity index (χ1) is 8.16. The zero-order valence-electron chi connectivity index (χ0n) is 10.0. The SMILES string of the molecule is CC(NN1CCCCC1)c1ccc(Cl)c(F)c1. The van der Waals surface area contributed by atoms with Gasteiger partial charge in [-0.3, -0.25) is 0 Å². The topological polar surface area (TPSA) is 15.3 Å². The van der Waals surface area contributed by atoms with Crippen LogP contribution in [-0.4, -0.2) is 18.1 Å². The maximum absolute atomic E-state index is 13.3. The molecule has 0 spiro atoms. The monoisotopic (exact) mass is 256 g/mol. The van der Waals surface area contributed by atoms with E-state index in [1.807, 2.05) is 13.0 Å². The summed E-state index contributed by atoms with van der Waals surface area (Å²) in [5.74, 6) is -0.350. The van der Waals surface area contributed by atoms with Gasteiger partial charge in [-0.25, -0.2) is 14.8 Å². The maximum atomic E-state index is 13.3. The molecule has 0 saturated carbocycles. The van der Waals surface area contributed by atoms with Gasteiger partial charge >= 0.3 is 0 Å². The predicted molar refractivity (Wildman–Crippen MR) is 68.4 cm³/mol. The third-order valence-electron chi connectivity index (χ3n) is 3.18. The van der Waals surface area contributed by atoms with Crippen molar-refractivity contribution in [3.8, 4) is 0 Å². The van der Waals surface area contributed by atoms with Crippen LogP contribution in [0.25, 0.3) is 0 Å². The molecule has 0 amide bonds. The van der Waals surface area contributed by atoms with E-state index in [1.54, 1.807) is 6.07 Å². The standard InChI is InChI=1S/C13H18ClFN2/c1-10(16-17-7-3-2-4-8-17)11-5-6-12(14)13(15)9-11/h5-6,9-10,16H,2-4,7-8H2,1H3. The third-order valence-corrected chi connectivity index (χ3v) is 3.48. The highest BCUT2D eigenvalue weighted by Crippen LogP contribution is 2.20. The minimum atomic E-state index is -0.350. The maximum Gasteiger partial charge on any atom is 0.142 e. The normalized spacial score (nSPS) is 19.2. The van der Waals surface area contributed by atoms with Crippen LogP contribution in [-0.2, 0) is 0 Å². The van der Waals surface area contributed by atoms with Crippen LogP contribution in [0.4, 0.5) is 4.39 Å². The second kappa shape index (κ2) is 5.80. The van der Waals surface area contributed by atoms with Crippen molar-refractivity contribution in [3.63, 3.8) is 0 Å². The smallest absolute Gasteiger partial charge is 0.142 e. The summed E-state index contributed by atoms with van der Waals surface area (Å²) in [5.41, 5.74) is 4.33. The lowest BCUT2D eigenvalue weighted by Crippen LogP contribution is -2.42. The first-order valence-electron chi connectivity index (χ1n) is 6.13. The Kier molecular flexibility index (Phi) is 4.37. The number of piperidine rings is 1. The van der Waals surface area contributed by atoms with Gasteiger partial charge in [0.05, 0.1) is 5.02 Å². The van der Waals surface area contributed by atoms with E-state index in [9.17, 15) is 4.39 Å². The van der Waals surface area contributed by atoms with Crippen molar-refractivity contribution in [1.29, 1.82) is 0 Å². The van der Waals surface area contributed by atoms with Gasteiger partial charge < -0.3 is 0 Å². The zero-order valence-corrected chi connectivity index (χ0v) is 10.8. The number of rotatable bonds is 3. The van der Waals surface area contributed by atoms with Crippen molar-refractivity contribution in [1.82, 2.24) is 10.4 Å². The summed E-state index contributed by atoms with van der Waals surface area (Å²) in [4.78, 5) is 0. The number of halogens is 2. The molecule has 0 aromatic heterocycles. The van der Waals surface area contributed by atoms with E-state index < -0.39 is 0 Å². The van der Waals surface area contributed by atoms with Crippen molar-refractivity contribution < 1.29 is 4.39 Å². The summed E-state index contributed by atoms with van der Waals surface area (Å²) >= 11 is 5.67. The number of nitrogens with zero attached hydrogens (tertiary/aromatic N) is 1. The first-order valence-corrected chi connectivity index (χ1v) is 6.50. The minimum absolute atomic E-state index is 0.111. The van der Waals surface area contributed by atoms with Crippen molar-refractivity contribution in [3.05, 3.63) is 34.6 Å². The molecule has 1 aliphatic rings. The van der Waals surface area contributed by atoms with Gasteiger partial charge in [0.25, 0.3) is 0 Å². The Morgan fingerprint density at radius 3 is 2.65 bits per heavy atom. The Labute approximate surface area is 107 Å². The van der Waals surface area contributed by atoms with E-state index in [-0.39, 0.29) is 16.9 Å². The van der Waals surface area contributed by atoms with Gasteiger partial charge in [-0.15, -0.1) is 0 Å². The van der Waals surface area contributed by atoms with E-state index in [2.05, 4.69) is 10.4 Å². The highest BCUT2D eigenvalue weighted by atomic mass is 35.5. The largest absolute Gasteiger partial charge is 0.248 e. The summed E-state index contributed by atoms with van der Waals surface area (Å²) in [6, 6.07) is 5.09. The Bertz CT molecular complexity index is 378. The second-order valence-corrected chi connectivity index (χ2v) is 4.98. The molecule has 1 aromatic rings. The average molecular weight is 257 g/mol. The predicted octanol–water partition coefficient (Wildman–Crippen LogP) is 3.53. The molecule has 2 nitrogen and oxygen atoms in total. The Morgan fingerprint density at radius 2 is 2.00 bits per heavy atom. The van der Waals surface area contributed by atoms with E-state index in [1.165, 1.54) is 25.3 Å². The van der Waals surface area contributed by atoms with Crippen molar-refractivity contribution in [2.24, 2.45) is 0 Å². The van der Waals surface area contributed by atoms with Crippen LogP contribution in [0.1, 0.15) is 37.8 Å². The average Bonchev–Trinajstić information content (AvgIpc) is 2.34. The highest BCUT2D eigenvalue weighted by molar-refractivity contribution is 6.30. The molecule has 0 bridgehead atoms. The van der Waals surface area contributed by atoms with Crippen LogP contribution >= 0.6 is 11.6 Å². The van der Waals surface area contributed by atoms with Gasteiger partial charge in [0, 0.05) is 19.1 Å². The number of hydrogen-bond acceptors (Lipinski definition) is 2. The second-order valence-electron chi connectivity index (χ2n) is 4.57. The third kappa shape index (κ3) is 3.41. The lowest BCUT2D eigenvalue weighted by atomic mass is 10.1. The molecular weight excluding hydrogens is 239 g/mol. The molecule has 1 saturated heterocycles. The summed E-state index contributed by atoms with van der Waals surface area (Å²) in [6.07, 6.45) is 3.77. The van der Waals surface area contributed by atoms with Crippen molar-refractivity contribution >= 4 is 11.6 Å². The van der Waals surface area contributed by atoms with Crippen molar-refractivity contribution in [2.75, 3.05) is 13.1 Å². The fourth-order valence-corrected chi connectivity index (χ4v) is 2.27.